The average Bonchev–Trinajstić information content (AvgIpc) is 2.28. The van der Waals surface area contributed by atoms with Gasteiger partial charge in [0, 0.05) is 17.5 Å². The van der Waals surface area contributed by atoms with Crippen molar-refractivity contribution >= 4 is 5.78 Å². The number of carbonyl (C=O) groups excluding carboxylic acids is 1. The van der Waals surface area contributed by atoms with Crippen molar-refractivity contribution in [3.63, 3.8) is 0 Å². The monoisotopic (exact) mass is 167 g/mol. The van der Waals surface area contributed by atoms with Crippen LogP contribution in [0.25, 0.3) is 0 Å². The van der Waals surface area contributed by atoms with Gasteiger partial charge in [-0.1, -0.05) is 6.92 Å². The molecule has 1 aliphatic carbocycles. The van der Waals surface area contributed by atoms with E-state index < -0.39 is 0 Å². The molecule has 1 saturated heterocycles. The molecule has 1 heterocycles. The van der Waals surface area contributed by atoms with E-state index in [1.54, 1.807) is 6.92 Å². The summed E-state index contributed by atoms with van der Waals surface area (Å²) in [6.45, 7) is 4.71. The van der Waals surface area contributed by atoms with Crippen LogP contribution in [0.2, 0.25) is 0 Å². The van der Waals surface area contributed by atoms with E-state index in [1.165, 1.54) is 19.3 Å². The summed E-state index contributed by atoms with van der Waals surface area (Å²) >= 11 is 0. The third-order valence-electron chi connectivity index (χ3n) is 3.74. The zero-order valence-electron chi connectivity index (χ0n) is 7.94. The topological polar surface area (TPSA) is 29.1 Å². The lowest BCUT2D eigenvalue weighted by Gasteiger charge is -2.39. The first-order valence-electron chi connectivity index (χ1n) is 4.83. The van der Waals surface area contributed by atoms with E-state index in [1.807, 2.05) is 0 Å². The molecule has 0 unspecified atom stereocenters. The first-order valence-corrected chi connectivity index (χ1v) is 4.83. The van der Waals surface area contributed by atoms with E-state index in [2.05, 4.69) is 12.2 Å². The lowest BCUT2D eigenvalue weighted by atomic mass is 9.70. The Bertz CT molecular complexity index is 220. The number of nitrogens with one attached hydrogen (secondary N) is 1. The molecule has 1 saturated carbocycles. The van der Waals surface area contributed by atoms with E-state index in [-0.39, 0.29) is 5.41 Å². The third kappa shape index (κ3) is 1.01. The predicted octanol–water partition coefficient (Wildman–Crippen LogP) is 1.50. The second-order valence-electron chi connectivity index (χ2n) is 4.78. The lowest BCUT2D eigenvalue weighted by Crippen LogP contribution is -2.45. The Morgan fingerprint density at radius 1 is 1.42 bits per heavy atom. The van der Waals surface area contributed by atoms with E-state index in [0.717, 1.165) is 13.0 Å². The molecule has 0 amide bonds. The van der Waals surface area contributed by atoms with Crippen LogP contribution in [0.15, 0.2) is 0 Å². The van der Waals surface area contributed by atoms with Gasteiger partial charge in [-0.25, -0.2) is 0 Å². The highest BCUT2D eigenvalue weighted by atomic mass is 16.1. The largest absolute Gasteiger partial charge is 0.310 e. The minimum absolute atomic E-state index is 0.0690. The van der Waals surface area contributed by atoms with Crippen LogP contribution in [0.5, 0.6) is 0 Å². The van der Waals surface area contributed by atoms with Gasteiger partial charge in [-0.15, -0.1) is 0 Å². The highest BCUT2D eigenvalue weighted by Crippen LogP contribution is 2.46. The third-order valence-corrected chi connectivity index (χ3v) is 3.74. The number of hydrogen-bond donors (Lipinski definition) is 1. The van der Waals surface area contributed by atoms with Gasteiger partial charge in [-0.2, -0.15) is 0 Å². The Balaban J connectivity index is 2.10. The fourth-order valence-electron chi connectivity index (χ4n) is 2.46. The number of hydrogen-bond acceptors (Lipinski definition) is 2. The molecular weight excluding hydrogens is 150 g/mol. The molecular formula is C10H17NO. The number of rotatable bonds is 1. The molecule has 2 rings (SSSR count). The minimum atomic E-state index is -0.0690. The zero-order valence-corrected chi connectivity index (χ0v) is 7.94. The Kier molecular flexibility index (Phi) is 1.59. The molecule has 1 aliphatic heterocycles. The summed E-state index contributed by atoms with van der Waals surface area (Å²) in [5, 5.41) is 3.52. The van der Waals surface area contributed by atoms with Gasteiger partial charge in [0.05, 0.1) is 0 Å². The van der Waals surface area contributed by atoms with Gasteiger partial charge >= 0.3 is 0 Å². The van der Waals surface area contributed by atoms with Crippen LogP contribution in [0.4, 0.5) is 0 Å². The smallest absolute Gasteiger partial charge is 0.137 e. The maximum absolute atomic E-state index is 11.4. The predicted molar refractivity (Wildman–Crippen MR) is 48.0 cm³/mol. The molecule has 12 heavy (non-hydrogen) atoms. The Labute approximate surface area is 73.7 Å². The molecule has 1 spiro atoms. The van der Waals surface area contributed by atoms with Crippen LogP contribution < -0.4 is 5.32 Å². The quantitative estimate of drug-likeness (QED) is 0.641. The molecule has 0 aromatic rings. The van der Waals surface area contributed by atoms with Crippen molar-refractivity contribution in [1.29, 1.82) is 0 Å². The van der Waals surface area contributed by atoms with Crippen LogP contribution in [-0.4, -0.2) is 17.9 Å². The highest BCUT2D eigenvalue weighted by molar-refractivity contribution is 5.82. The summed E-state index contributed by atoms with van der Waals surface area (Å²) in [4.78, 5) is 11.4. The number of Topliss-reactive ketones (excluding diaryl/α,β-unsaturated/α-hetero) is 1. The molecule has 2 aliphatic rings. The molecule has 2 fully saturated rings. The second kappa shape index (κ2) is 2.32. The van der Waals surface area contributed by atoms with E-state index in [0.29, 0.717) is 11.3 Å². The molecule has 2 heteroatoms. The van der Waals surface area contributed by atoms with Gasteiger partial charge < -0.3 is 5.32 Å². The molecule has 0 aromatic heterocycles. The maximum atomic E-state index is 11.4. The standard InChI is InChI=1S/C10H17NO/c1-8(12)9(2)6-10(11-7-9)4-3-5-10/h11H,3-7H2,1-2H3/t9-/m0/s1. The summed E-state index contributed by atoms with van der Waals surface area (Å²) in [5.74, 6) is 0.346. The Morgan fingerprint density at radius 2 is 2.08 bits per heavy atom. The summed E-state index contributed by atoms with van der Waals surface area (Å²) in [7, 11) is 0. The number of carbonyl (C=O) groups is 1. The fraction of sp³-hybridized carbons (Fsp3) is 0.900. The summed E-state index contributed by atoms with van der Waals surface area (Å²) in [5.41, 5.74) is 0.293. The van der Waals surface area contributed by atoms with Gasteiger partial charge in [-0.05, 0) is 32.6 Å². The first kappa shape index (κ1) is 8.24. The Morgan fingerprint density at radius 3 is 2.33 bits per heavy atom. The molecule has 0 aromatic carbocycles. The van der Waals surface area contributed by atoms with E-state index >= 15 is 0 Å². The molecule has 1 N–H and O–H groups in total. The average molecular weight is 167 g/mol. The minimum Gasteiger partial charge on any atom is -0.310 e. The molecule has 1 atom stereocenters. The van der Waals surface area contributed by atoms with Crippen molar-refractivity contribution in [2.45, 2.75) is 45.1 Å². The van der Waals surface area contributed by atoms with Crippen LogP contribution in [-0.2, 0) is 4.79 Å². The van der Waals surface area contributed by atoms with E-state index in [4.69, 9.17) is 0 Å². The molecule has 2 nitrogen and oxygen atoms in total. The van der Waals surface area contributed by atoms with Crippen LogP contribution in [0, 0.1) is 5.41 Å². The Hall–Kier alpha value is -0.370. The summed E-state index contributed by atoms with van der Waals surface area (Å²) < 4.78 is 0. The second-order valence-corrected chi connectivity index (χ2v) is 4.78. The van der Waals surface area contributed by atoms with Crippen molar-refractivity contribution in [3.8, 4) is 0 Å². The van der Waals surface area contributed by atoms with Gasteiger partial charge in [0.15, 0.2) is 0 Å². The highest BCUT2D eigenvalue weighted by Gasteiger charge is 2.50. The molecule has 0 radical (unpaired) electrons. The summed E-state index contributed by atoms with van der Waals surface area (Å²) in [6, 6.07) is 0. The van der Waals surface area contributed by atoms with Gasteiger partial charge in [0.1, 0.15) is 5.78 Å². The zero-order chi connectivity index (χ0) is 8.82. The van der Waals surface area contributed by atoms with Crippen molar-refractivity contribution in [1.82, 2.24) is 5.32 Å². The first-order chi connectivity index (χ1) is 5.56. The summed E-state index contributed by atoms with van der Waals surface area (Å²) in [6.07, 6.45) is 4.95. The lowest BCUT2D eigenvalue weighted by molar-refractivity contribution is -0.125. The van der Waals surface area contributed by atoms with Crippen LogP contribution >= 0.6 is 0 Å². The van der Waals surface area contributed by atoms with Gasteiger partial charge in [0.25, 0.3) is 0 Å². The fourth-order valence-corrected chi connectivity index (χ4v) is 2.46. The maximum Gasteiger partial charge on any atom is 0.137 e. The van der Waals surface area contributed by atoms with Crippen molar-refractivity contribution in [3.05, 3.63) is 0 Å². The molecule has 0 bridgehead atoms. The SMILES string of the molecule is CC(=O)[C@]1(C)CNC2(CCC2)C1. The molecule has 68 valence electrons. The van der Waals surface area contributed by atoms with E-state index in [9.17, 15) is 4.79 Å². The van der Waals surface area contributed by atoms with Crippen molar-refractivity contribution in [2.24, 2.45) is 5.41 Å². The normalized spacial score (nSPS) is 38.2. The van der Waals surface area contributed by atoms with Crippen molar-refractivity contribution < 1.29 is 4.79 Å². The van der Waals surface area contributed by atoms with Gasteiger partial charge in [0.2, 0.25) is 0 Å². The van der Waals surface area contributed by atoms with Crippen molar-refractivity contribution in [2.75, 3.05) is 6.54 Å². The van der Waals surface area contributed by atoms with Crippen LogP contribution in [0.3, 0.4) is 0 Å². The van der Waals surface area contributed by atoms with Gasteiger partial charge in [-0.3, -0.25) is 4.79 Å². The van der Waals surface area contributed by atoms with Crippen LogP contribution in [0.1, 0.15) is 39.5 Å². The number of ketones is 1.